The molecule has 3 aromatic rings. The van der Waals surface area contributed by atoms with E-state index in [1.54, 1.807) is 0 Å². The Morgan fingerprint density at radius 3 is 2.44 bits per heavy atom. The maximum atomic E-state index is 14.1. The van der Waals surface area contributed by atoms with Crippen LogP contribution in [0.5, 0.6) is 0 Å². The number of rotatable bonds is 4. The van der Waals surface area contributed by atoms with Gasteiger partial charge in [0.1, 0.15) is 17.3 Å². The highest BCUT2D eigenvalue weighted by Crippen LogP contribution is 2.29. The smallest absolute Gasteiger partial charge is 0.285 e. The van der Waals surface area contributed by atoms with Gasteiger partial charge in [0.2, 0.25) is 0 Å². The molecular weight excluding hydrogens is 416 g/mol. The minimum atomic E-state index is -4.12. The number of aromatic nitrogens is 2. The number of aryl methyl sites for hydroxylation is 1. The van der Waals surface area contributed by atoms with Crippen molar-refractivity contribution in [2.45, 2.75) is 4.90 Å². The first kappa shape index (κ1) is 19.3. The number of imidazole rings is 1. The highest BCUT2D eigenvalue weighted by molar-refractivity contribution is 7.90. The summed E-state index contributed by atoms with van der Waals surface area (Å²) in [5, 5.41) is 0.473. The number of nitrogens with zero attached hydrogens (tertiary/aromatic N) is 2. The summed E-state index contributed by atoms with van der Waals surface area (Å²) in [4.78, 5) is 16.3. The summed E-state index contributed by atoms with van der Waals surface area (Å²) in [6.45, 7) is 0. The highest BCUT2D eigenvalue weighted by Gasteiger charge is 2.23. The minimum absolute atomic E-state index is 0.0151. The third-order valence-corrected chi connectivity index (χ3v) is 5.56. The number of amides is 1. The van der Waals surface area contributed by atoms with E-state index in [1.807, 2.05) is 4.72 Å². The van der Waals surface area contributed by atoms with Crippen LogP contribution in [0.25, 0.3) is 11.4 Å². The number of halogens is 3. The zero-order chi connectivity index (χ0) is 19.8. The maximum Gasteiger partial charge on any atom is 0.285 e. The van der Waals surface area contributed by atoms with Gasteiger partial charge in [0, 0.05) is 18.3 Å². The van der Waals surface area contributed by atoms with Crippen molar-refractivity contribution in [2.75, 3.05) is 0 Å². The van der Waals surface area contributed by atoms with Gasteiger partial charge in [-0.25, -0.2) is 22.5 Å². The van der Waals surface area contributed by atoms with Crippen molar-refractivity contribution in [3.63, 3.8) is 0 Å². The van der Waals surface area contributed by atoms with Crippen LogP contribution < -0.4 is 4.72 Å². The van der Waals surface area contributed by atoms with Gasteiger partial charge in [-0.3, -0.25) is 4.79 Å². The standard InChI is InChI=1S/C17H12Cl2FN3O3S/c1-23-9-14(21-16(23)15-12(19)3-2-4-13(15)20)17(24)22-27(25,26)11-7-5-10(18)6-8-11/h2-9H,1H3,(H,22,24). The first-order chi connectivity index (χ1) is 12.7. The molecule has 0 saturated heterocycles. The fourth-order valence-electron chi connectivity index (χ4n) is 2.37. The Kier molecular flexibility index (Phi) is 5.23. The third kappa shape index (κ3) is 3.97. The number of sulfonamides is 1. The van der Waals surface area contributed by atoms with Gasteiger partial charge in [-0.15, -0.1) is 0 Å². The molecule has 0 bridgehead atoms. The summed E-state index contributed by atoms with van der Waals surface area (Å²) in [6, 6.07) is 9.44. The first-order valence-corrected chi connectivity index (χ1v) is 9.73. The van der Waals surface area contributed by atoms with Crippen LogP contribution in [0, 0.1) is 5.82 Å². The first-order valence-electron chi connectivity index (χ1n) is 7.49. The maximum absolute atomic E-state index is 14.1. The van der Waals surface area contributed by atoms with Crippen molar-refractivity contribution < 1.29 is 17.6 Å². The van der Waals surface area contributed by atoms with Crippen LogP contribution >= 0.6 is 23.2 Å². The number of carbonyl (C=O) groups excluding carboxylic acids is 1. The molecule has 0 saturated carbocycles. The van der Waals surface area contributed by atoms with E-state index in [2.05, 4.69) is 4.98 Å². The summed E-state index contributed by atoms with van der Waals surface area (Å²) >= 11 is 11.8. The van der Waals surface area contributed by atoms with Crippen LogP contribution in [-0.2, 0) is 17.1 Å². The van der Waals surface area contributed by atoms with Gasteiger partial charge < -0.3 is 4.57 Å². The van der Waals surface area contributed by atoms with E-state index in [-0.39, 0.29) is 27.0 Å². The van der Waals surface area contributed by atoms with Gasteiger partial charge in [-0.05, 0) is 36.4 Å². The van der Waals surface area contributed by atoms with E-state index in [9.17, 15) is 17.6 Å². The van der Waals surface area contributed by atoms with Gasteiger partial charge in [0.05, 0.1) is 15.5 Å². The van der Waals surface area contributed by atoms with E-state index in [0.29, 0.717) is 5.02 Å². The molecule has 0 atom stereocenters. The second-order valence-electron chi connectivity index (χ2n) is 5.55. The second kappa shape index (κ2) is 7.30. The number of hydrogen-bond donors (Lipinski definition) is 1. The van der Waals surface area contributed by atoms with E-state index in [0.717, 1.165) is 0 Å². The summed E-state index contributed by atoms with van der Waals surface area (Å²) in [7, 11) is -2.58. The van der Waals surface area contributed by atoms with Gasteiger partial charge in [-0.1, -0.05) is 29.3 Å². The number of hydrogen-bond acceptors (Lipinski definition) is 4. The number of benzene rings is 2. The van der Waals surface area contributed by atoms with Gasteiger partial charge in [0.15, 0.2) is 0 Å². The summed E-state index contributed by atoms with van der Waals surface area (Å²) < 4.78 is 42.0. The Morgan fingerprint density at radius 2 is 1.81 bits per heavy atom. The van der Waals surface area contributed by atoms with Crippen molar-refractivity contribution in [3.8, 4) is 11.4 Å². The topological polar surface area (TPSA) is 81.1 Å². The van der Waals surface area contributed by atoms with Crippen molar-refractivity contribution in [1.29, 1.82) is 0 Å². The van der Waals surface area contributed by atoms with E-state index < -0.39 is 21.7 Å². The normalized spacial score (nSPS) is 11.4. The number of nitrogens with one attached hydrogen (secondary N) is 1. The molecule has 1 heterocycles. The molecule has 140 valence electrons. The SMILES string of the molecule is Cn1cc(C(=O)NS(=O)(=O)c2ccc(Cl)cc2)nc1-c1c(F)cccc1Cl. The lowest BCUT2D eigenvalue weighted by Crippen LogP contribution is -2.30. The molecule has 1 aromatic heterocycles. The zero-order valence-electron chi connectivity index (χ0n) is 13.8. The molecule has 0 radical (unpaired) electrons. The quantitative estimate of drug-likeness (QED) is 0.688. The third-order valence-electron chi connectivity index (χ3n) is 3.65. The summed E-state index contributed by atoms with van der Waals surface area (Å²) in [6.07, 6.45) is 1.28. The van der Waals surface area contributed by atoms with E-state index in [4.69, 9.17) is 23.2 Å². The van der Waals surface area contributed by atoms with Crippen LogP contribution in [0.3, 0.4) is 0 Å². The molecule has 0 unspecified atom stereocenters. The Labute approximate surface area is 164 Å². The van der Waals surface area contributed by atoms with Crippen molar-refractivity contribution in [3.05, 3.63) is 70.2 Å². The lowest BCUT2D eigenvalue weighted by atomic mass is 10.2. The van der Waals surface area contributed by atoms with Crippen molar-refractivity contribution in [1.82, 2.24) is 14.3 Å². The van der Waals surface area contributed by atoms with Crippen LogP contribution in [0.2, 0.25) is 10.0 Å². The molecule has 10 heteroatoms. The van der Waals surface area contributed by atoms with Crippen LogP contribution in [-0.4, -0.2) is 23.9 Å². The molecule has 2 aromatic carbocycles. The Balaban J connectivity index is 1.92. The lowest BCUT2D eigenvalue weighted by molar-refractivity contribution is 0.0977. The van der Waals surface area contributed by atoms with Gasteiger partial charge >= 0.3 is 0 Å². The molecule has 0 aliphatic rings. The number of carbonyl (C=O) groups is 1. The molecule has 0 spiro atoms. The highest BCUT2D eigenvalue weighted by atomic mass is 35.5. The van der Waals surface area contributed by atoms with Crippen LogP contribution in [0.4, 0.5) is 4.39 Å². The van der Waals surface area contributed by atoms with Gasteiger partial charge in [-0.2, -0.15) is 0 Å². The largest absolute Gasteiger partial charge is 0.333 e. The molecule has 6 nitrogen and oxygen atoms in total. The zero-order valence-corrected chi connectivity index (χ0v) is 16.1. The van der Waals surface area contributed by atoms with Crippen molar-refractivity contribution >= 4 is 39.1 Å². The molecule has 1 N–H and O–H groups in total. The fraction of sp³-hybridized carbons (Fsp3) is 0.0588. The predicted molar refractivity (Wildman–Crippen MR) is 99.7 cm³/mol. The summed E-state index contributed by atoms with van der Waals surface area (Å²) in [5.74, 6) is -1.48. The molecule has 0 aliphatic carbocycles. The Bertz CT molecular complexity index is 1110. The average molecular weight is 428 g/mol. The van der Waals surface area contributed by atoms with Crippen LogP contribution in [0.15, 0.2) is 53.6 Å². The van der Waals surface area contributed by atoms with Crippen LogP contribution in [0.1, 0.15) is 10.5 Å². The molecule has 1 amide bonds. The minimum Gasteiger partial charge on any atom is -0.333 e. The molecular formula is C17H12Cl2FN3O3S. The monoisotopic (exact) mass is 427 g/mol. The summed E-state index contributed by atoms with van der Waals surface area (Å²) in [5.41, 5.74) is -0.189. The molecule has 27 heavy (non-hydrogen) atoms. The Morgan fingerprint density at radius 1 is 1.15 bits per heavy atom. The molecule has 0 aliphatic heterocycles. The van der Waals surface area contributed by atoms with Gasteiger partial charge in [0.25, 0.3) is 15.9 Å². The lowest BCUT2D eigenvalue weighted by Gasteiger charge is -2.05. The second-order valence-corrected chi connectivity index (χ2v) is 8.07. The van der Waals surface area contributed by atoms with E-state index in [1.165, 1.54) is 60.3 Å². The predicted octanol–water partition coefficient (Wildman–Crippen LogP) is 3.65. The average Bonchev–Trinajstić information content (AvgIpc) is 2.97. The van der Waals surface area contributed by atoms with E-state index >= 15 is 0 Å². The Hall–Kier alpha value is -2.42. The molecule has 3 rings (SSSR count). The molecule has 0 fully saturated rings. The van der Waals surface area contributed by atoms with Crippen molar-refractivity contribution in [2.24, 2.45) is 7.05 Å². The fourth-order valence-corrected chi connectivity index (χ4v) is 3.70.